The third-order valence-electron chi connectivity index (χ3n) is 2.43. The van der Waals surface area contributed by atoms with E-state index in [0.717, 1.165) is 24.3 Å². The highest BCUT2D eigenvalue weighted by Gasteiger charge is 2.15. The maximum Gasteiger partial charge on any atom is 0.258 e. The number of halogens is 5. The summed E-state index contributed by atoms with van der Waals surface area (Å²) in [7, 11) is 0. The summed E-state index contributed by atoms with van der Waals surface area (Å²) in [5.41, 5.74) is -0.706. The minimum atomic E-state index is -0.903. The molecule has 0 atom stereocenters. The van der Waals surface area contributed by atoms with Gasteiger partial charge in [0.2, 0.25) is 0 Å². The molecular weight excluding hydrogens is 359 g/mol. The molecular formula is C13H6BrClF3NO. The van der Waals surface area contributed by atoms with Crippen molar-refractivity contribution in [3.8, 4) is 0 Å². The van der Waals surface area contributed by atoms with Crippen LogP contribution >= 0.6 is 27.5 Å². The lowest BCUT2D eigenvalue weighted by Crippen LogP contribution is -2.15. The Kier molecular flexibility index (Phi) is 4.35. The van der Waals surface area contributed by atoms with Gasteiger partial charge in [-0.15, -0.1) is 0 Å². The Labute approximate surface area is 125 Å². The van der Waals surface area contributed by atoms with Gasteiger partial charge in [0.1, 0.15) is 17.5 Å². The zero-order valence-corrected chi connectivity index (χ0v) is 12.0. The Hall–Kier alpha value is -1.53. The minimum absolute atomic E-state index is 0.0781. The fourth-order valence-corrected chi connectivity index (χ4v) is 1.96. The van der Waals surface area contributed by atoms with Crippen LogP contribution in [0.1, 0.15) is 10.4 Å². The summed E-state index contributed by atoms with van der Waals surface area (Å²) < 4.78 is 40.3. The summed E-state index contributed by atoms with van der Waals surface area (Å²) in [4.78, 5) is 11.8. The van der Waals surface area contributed by atoms with Gasteiger partial charge in [-0.3, -0.25) is 4.79 Å². The van der Waals surface area contributed by atoms with E-state index < -0.39 is 23.4 Å². The lowest BCUT2D eigenvalue weighted by Gasteiger charge is -2.08. The Bertz CT molecular complexity index is 694. The van der Waals surface area contributed by atoms with Gasteiger partial charge in [-0.05, 0) is 40.2 Å². The largest absolute Gasteiger partial charge is 0.319 e. The number of carbonyl (C=O) groups excluding carboxylic acids is 1. The van der Waals surface area contributed by atoms with E-state index in [-0.39, 0.29) is 20.7 Å². The lowest BCUT2D eigenvalue weighted by atomic mass is 10.2. The first kappa shape index (κ1) is 14.9. The van der Waals surface area contributed by atoms with Crippen LogP contribution in [-0.4, -0.2) is 5.91 Å². The van der Waals surface area contributed by atoms with Gasteiger partial charge in [0, 0.05) is 11.1 Å². The Morgan fingerprint density at radius 2 is 1.75 bits per heavy atom. The molecule has 0 aliphatic carbocycles. The van der Waals surface area contributed by atoms with Crippen LogP contribution in [0.15, 0.2) is 34.8 Å². The molecule has 0 aliphatic heterocycles. The number of hydrogen-bond acceptors (Lipinski definition) is 1. The molecule has 104 valence electrons. The summed E-state index contributed by atoms with van der Waals surface area (Å²) in [6, 6.07) is 5.08. The van der Waals surface area contributed by atoms with E-state index in [1.807, 2.05) is 0 Å². The van der Waals surface area contributed by atoms with E-state index >= 15 is 0 Å². The zero-order valence-electron chi connectivity index (χ0n) is 9.68. The summed E-state index contributed by atoms with van der Waals surface area (Å²) in [5, 5.41) is 2.22. The molecule has 7 heteroatoms. The number of rotatable bonds is 2. The second kappa shape index (κ2) is 5.85. The molecule has 0 fully saturated rings. The molecule has 0 saturated carbocycles. The Balaban J connectivity index is 2.30. The van der Waals surface area contributed by atoms with Crippen molar-refractivity contribution < 1.29 is 18.0 Å². The van der Waals surface area contributed by atoms with Crippen LogP contribution in [0.4, 0.5) is 18.9 Å². The third-order valence-corrected chi connectivity index (χ3v) is 3.28. The number of hydrogen-bond donors (Lipinski definition) is 1. The van der Waals surface area contributed by atoms with E-state index in [1.54, 1.807) is 0 Å². The maximum atomic E-state index is 13.5. The molecule has 0 bridgehead atoms. The monoisotopic (exact) mass is 363 g/mol. The SMILES string of the molecule is O=C(Nc1cc(F)c(Br)cc1F)c1ccc(Cl)cc1F. The topological polar surface area (TPSA) is 29.1 Å². The second-order valence-corrected chi connectivity index (χ2v) is 5.12. The van der Waals surface area contributed by atoms with Crippen LogP contribution < -0.4 is 5.32 Å². The van der Waals surface area contributed by atoms with Crippen molar-refractivity contribution in [1.82, 2.24) is 0 Å². The first-order chi connectivity index (χ1) is 9.38. The third kappa shape index (κ3) is 3.13. The number of anilines is 1. The van der Waals surface area contributed by atoms with E-state index in [1.165, 1.54) is 6.07 Å². The van der Waals surface area contributed by atoms with Gasteiger partial charge in [-0.25, -0.2) is 13.2 Å². The molecule has 0 saturated heterocycles. The standard InChI is InChI=1S/C13H6BrClF3NO/c14-8-4-11(18)12(5-10(8)17)19-13(20)7-2-1-6(15)3-9(7)16/h1-5H,(H,19,20). The molecule has 1 N–H and O–H groups in total. The molecule has 0 spiro atoms. The summed E-state index contributed by atoms with van der Waals surface area (Å²) in [5.74, 6) is -3.35. The fraction of sp³-hybridized carbons (Fsp3) is 0. The van der Waals surface area contributed by atoms with Crippen LogP contribution in [0.25, 0.3) is 0 Å². The van der Waals surface area contributed by atoms with Crippen LogP contribution in [0.2, 0.25) is 5.02 Å². The molecule has 0 unspecified atom stereocenters. The molecule has 2 aromatic rings. The lowest BCUT2D eigenvalue weighted by molar-refractivity contribution is 0.102. The van der Waals surface area contributed by atoms with Gasteiger partial charge in [-0.2, -0.15) is 0 Å². The number of carbonyl (C=O) groups is 1. The highest BCUT2D eigenvalue weighted by Crippen LogP contribution is 2.24. The molecule has 0 heterocycles. The van der Waals surface area contributed by atoms with Gasteiger partial charge in [0.15, 0.2) is 0 Å². The van der Waals surface area contributed by atoms with Crippen LogP contribution in [0.5, 0.6) is 0 Å². The molecule has 2 nitrogen and oxygen atoms in total. The quantitative estimate of drug-likeness (QED) is 0.764. The van der Waals surface area contributed by atoms with Crippen molar-refractivity contribution >= 4 is 39.1 Å². The molecule has 0 aromatic heterocycles. The van der Waals surface area contributed by atoms with Gasteiger partial charge in [-0.1, -0.05) is 11.6 Å². The first-order valence-electron chi connectivity index (χ1n) is 5.29. The summed E-state index contributed by atoms with van der Waals surface area (Å²) in [6.07, 6.45) is 0. The minimum Gasteiger partial charge on any atom is -0.319 e. The van der Waals surface area contributed by atoms with Gasteiger partial charge in [0.05, 0.1) is 15.7 Å². The van der Waals surface area contributed by atoms with Crippen molar-refractivity contribution in [2.75, 3.05) is 5.32 Å². The highest BCUT2D eigenvalue weighted by molar-refractivity contribution is 9.10. The predicted molar refractivity (Wildman–Crippen MR) is 73.4 cm³/mol. The highest BCUT2D eigenvalue weighted by atomic mass is 79.9. The number of amides is 1. The first-order valence-corrected chi connectivity index (χ1v) is 6.46. The van der Waals surface area contributed by atoms with Crippen molar-refractivity contribution in [1.29, 1.82) is 0 Å². The average molecular weight is 365 g/mol. The van der Waals surface area contributed by atoms with Gasteiger partial charge >= 0.3 is 0 Å². The van der Waals surface area contributed by atoms with Crippen molar-refractivity contribution in [2.24, 2.45) is 0 Å². The summed E-state index contributed by atoms with van der Waals surface area (Å²) >= 11 is 8.37. The van der Waals surface area contributed by atoms with Crippen molar-refractivity contribution in [2.45, 2.75) is 0 Å². The van der Waals surface area contributed by atoms with Gasteiger partial charge in [0.25, 0.3) is 5.91 Å². The average Bonchev–Trinajstić information content (AvgIpc) is 2.35. The maximum absolute atomic E-state index is 13.5. The van der Waals surface area contributed by atoms with Crippen molar-refractivity contribution in [3.05, 3.63) is 62.8 Å². The summed E-state index contributed by atoms with van der Waals surface area (Å²) in [6.45, 7) is 0. The Morgan fingerprint density at radius 3 is 2.40 bits per heavy atom. The van der Waals surface area contributed by atoms with Crippen LogP contribution in [0, 0.1) is 17.5 Å². The normalized spacial score (nSPS) is 10.4. The van der Waals surface area contributed by atoms with E-state index in [0.29, 0.717) is 0 Å². The molecule has 0 aliphatic rings. The van der Waals surface area contributed by atoms with E-state index in [4.69, 9.17) is 11.6 Å². The molecule has 2 rings (SSSR count). The Morgan fingerprint density at radius 1 is 1.05 bits per heavy atom. The molecule has 2 aromatic carbocycles. The second-order valence-electron chi connectivity index (χ2n) is 3.82. The number of nitrogens with one attached hydrogen (secondary N) is 1. The van der Waals surface area contributed by atoms with E-state index in [9.17, 15) is 18.0 Å². The van der Waals surface area contributed by atoms with Gasteiger partial charge < -0.3 is 5.32 Å². The smallest absolute Gasteiger partial charge is 0.258 e. The van der Waals surface area contributed by atoms with Crippen molar-refractivity contribution in [3.63, 3.8) is 0 Å². The molecule has 20 heavy (non-hydrogen) atoms. The van der Waals surface area contributed by atoms with Crippen LogP contribution in [0.3, 0.4) is 0 Å². The number of benzene rings is 2. The van der Waals surface area contributed by atoms with E-state index in [2.05, 4.69) is 21.2 Å². The van der Waals surface area contributed by atoms with Crippen LogP contribution in [-0.2, 0) is 0 Å². The predicted octanol–water partition coefficient (Wildman–Crippen LogP) is 4.77. The molecule has 1 amide bonds. The molecule has 0 radical (unpaired) electrons. The fourth-order valence-electron chi connectivity index (χ4n) is 1.48. The zero-order chi connectivity index (χ0) is 14.9.